The van der Waals surface area contributed by atoms with Crippen LogP contribution in [0.15, 0.2) is 35.1 Å². The number of hydrazine groups is 1. The summed E-state index contributed by atoms with van der Waals surface area (Å²) < 4.78 is 0.894. The van der Waals surface area contributed by atoms with Gasteiger partial charge in [-0.25, -0.2) is 15.8 Å². The predicted molar refractivity (Wildman–Crippen MR) is 76.7 cm³/mol. The number of aryl methyl sites for hydroxylation is 1. The van der Waals surface area contributed by atoms with E-state index < -0.39 is 0 Å². The summed E-state index contributed by atoms with van der Waals surface area (Å²) in [6.07, 6.45) is 3.08. The molecule has 7 heteroatoms. The molecule has 2 aromatic rings. The van der Waals surface area contributed by atoms with Crippen LogP contribution in [0.4, 0.5) is 11.6 Å². The molecule has 0 saturated carbocycles. The zero-order chi connectivity index (χ0) is 13.8. The Bertz CT molecular complexity index is 600. The number of carbonyl (C=O) groups excluding carboxylic acids is 1. The van der Waals surface area contributed by atoms with E-state index in [1.165, 1.54) is 6.20 Å². The molecule has 1 amide bonds. The van der Waals surface area contributed by atoms with E-state index in [0.717, 1.165) is 10.0 Å². The third-order valence-electron chi connectivity index (χ3n) is 2.46. The van der Waals surface area contributed by atoms with Crippen molar-refractivity contribution in [2.24, 2.45) is 5.84 Å². The lowest BCUT2D eigenvalue weighted by Crippen LogP contribution is -2.14. The number of anilines is 2. The Morgan fingerprint density at radius 2 is 2.00 bits per heavy atom. The summed E-state index contributed by atoms with van der Waals surface area (Å²) in [5, 5.41) is 2.70. The van der Waals surface area contributed by atoms with Crippen molar-refractivity contribution in [1.82, 2.24) is 9.97 Å². The first kappa shape index (κ1) is 13.4. The third-order valence-corrected chi connectivity index (χ3v) is 3.29. The highest BCUT2D eigenvalue weighted by Gasteiger charge is 2.08. The molecule has 0 atom stereocenters. The number of amides is 1. The Labute approximate surface area is 118 Å². The highest BCUT2D eigenvalue weighted by Crippen LogP contribution is 2.17. The smallest absolute Gasteiger partial charge is 0.258 e. The maximum atomic E-state index is 12.0. The number of aromatic nitrogens is 2. The summed E-state index contributed by atoms with van der Waals surface area (Å²) in [5.41, 5.74) is 3.82. The number of halogens is 1. The van der Waals surface area contributed by atoms with Crippen molar-refractivity contribution in [3.05, 3.63) is 46.2 Å². The van der Waals surface area contributed by atoms with Gasteiger partial charge < -0.3 is 10.7 Å². The maximum absolute atomic E-state index is 12.0. The van der Waals surface area contributed by atoms with Gasteiger partial charge in [-0.3, -0.25) is 4.79 Å². The van der Waals surface area contributed by atoms with Crippen LogP contribution < -0.4 is 16.6 Å². The van der Waals surface area contributed by atoms with Crippen LogP contribution in [0, 0.1) is 6.92 Å². The first-order valence-corrected chi connectivity index (χ1v) is 6.25. The van der Waals surface area contributed by atoms with Crippen LogP contribution in [-0.4, -0.2) is 15.9 Å². The fourth-order valence-electron chi connectivity index (χ4n) is 1.41. The molecule has 0 spiro atoms. The highest BCUT2D eigenvalue weighted by molar-refractivity contribution is 9.10. The highest BCUT2D eigenvalue weighted by atomic mass is 79.9. The van der Waals surface area contributed by atoms with Gasteiger partial charge in [-0.2, -0.15) is 0 Å². The molecule has 0 unspecified atom stereocenters. The normalized spacial score (nSPS) is 10.1. The monoisotopic (exact) mass is 321 g/mol. The van der Waals surface area contributed by atoms with Crippen molar-refractivity contribution >= 4 is 33.5 Å². The molecular formula is C12H12BrN5O. The molecule has 0 radical (unpaired) electrons. The minimum absolute atomic E-state index is 0.273. The summed E-state index contributed by atoms with van der Waals surface area (Å²) in [6.45, 7) is 1.92. The quantitative estimate of drug-likeness (QED) is 0.594. The Kier molecular flexibility index (Phi) is 4.08. The Morgan fingerprint density at radius 1 is 1.26 bits per heavy atom. The van der Waals surface area contributed by atoms with Crippen LogP contribution in [-0.2, 0) is 0 Å². The number of nitrogens with zero attached hydrogens (tertiary/aromatic N) is 2. The van der Waals surface area contributed by atoms with Crippen molar-refractivity contribution in [3.63, 3.8) is 0 Å². The van der Waals surface area contributed by atoms with Crippen molar-refractivity contribution < 1.29 is 4.79 Å². The van der Waals surface area contributed by atoms with Gasteiger partial charge in [0.25, 0.3) is 5.91 Å². The van der Waals surface area contributed by atoms with E-state index in [4.69, 9.17) is 5.84 Å². The lowest BCUT2D eigenvalue weighted by Gasteiger charge is -2.06. The molecule has 98 valence electrons. The van der Waals surface area contributed by atoms with Crippen LogP contribution in [0.5, 0.6) is 0 Å². The number of nitrogen functional groups attached to an aromatic ring is 1. The largest absolute Gasteiger partial charge is 0.308 e. The SMILES string of the molecule is Cc1cc(NC(=O)c2ccc(NN)nc2)ncc1Br. The predicted octanol–water partition coefficient (Wildman–Crippen LogP) is 2.09. The average molecular weight is 322 g/mol. The zero-order valence-corrected chi connectivity index (χ0v) is 11.7. The van der Waals surface area contributed by atoms with E-state index in [-0.39, 0.29) is 5.91 Å². The standard InChI is InChI=1S/C12H12BrN5O/c1-7-4-11(16-6-9(7)13)17-12(19)8-2-3-10(18-14)15-5-8/h2-6H,14H2,1H3,(H,15,18)(H,16,17,19). The number of rotatable bonds is 3. The molecule has 4 N–H and O–H groups in total. The number of hydrogen-bond acceptors (Lipinski definition) is 5. The van der Waals surface area contributed by atoms with Gasteiger partial charge in [-0.05, 0) is 46.6 Å². The molecule has 0 saturated heterocycles. The summed E-state index contributed by atoms with van der Waals surface area (Å²) in [7, 11) is 0. The molecule has 0 aromatic carbocycles. The fraction of sp³-hybridized carbons (Fsp3) is 0.0833. The lowest BCUT2D eigenvalue weighted by atomic mass is 10.2. The number of nitrogens with one attached hydrogen (secondary N) is 2. The van der Waals surface area contributed by atoms with Crippen molar-refractivity contribution in [3.8, 4) is 0 Å². The van der Waals surface area contributed by atoms with E-state index in [0.29, 0.717) is 17.2 Å². The number of hydrogen-bond donors (Lipinski definition) is 3. The molecule has 2 heterocycles. The van der Waals surface area contributed by atoms with Gasteiger partial charge in [0, 0.05) is 16.9 Å². The topological polar surface area (TPSA) is 92.9 Å². The van der Waals surface area contributed by atoms with Gasteiger partial charge in [0.1, 0.15) is 11.6 Å². The van der Waals surface area contributed by atoms with Crippen molar-refractivity contribution in [1.29, 1.82) is 0 Å². The summed E-state index contributed by atoms with van der Waals surface area (Å²) in [5.74, 6) is 5.92. The number of nitrogens with two attached hydrogens (primary N) is 1. The van der Waals surface area contributed by atoms with Crippen molar-refractivity contribution in [2.45, 2.75) is 6.92 Å². The van der Waals surface area contributed by atoms with Crippen molar-refractivity contribution in [2.75, 3.05) is 10.7 Å². The van der Waals surface area contributed by atoms with Gasteiger partial charge in [0.05, 0.1) is 5.56 Å². The molecule has 0 aliphatic heterocycles. The van der Waals surface area contributed by atoms with E-state index in [9.17, 15) is 4.79 Å². The number of pyridine rings is 2. The van der Waals surface area contributed by atoms with Gasteiger partial charge in [-0.1, -0.05) is 0 Å². The number of carbonyl (C=O) groups is 1. The minimum atomic E-state index is -0.273. The summed E-state index contributed by atoms with van der Waals surface area (Å²) in [4.78, 5) is 20.0. The second kappa shape index (κ2) is 5.77. The first-order chi connectivity index (χ1) is 9.10. The van der Waals surface area contributed by atoms with E-state index in [1.807, 2.05) is 6.92 Å². The Balaban J connectivity index is 2.13. The average Bonchev–Trinajstić information content (AvgIpc) is 2.43. The van der Waals surface area contributed by atoms with Gasteiger partial charge in [0.15, 0.2) is 0 Å². The molecule has 0 bridgehead atoms. The molecule has 0 fully saturated rings. The zero-order valence-electron chi connectivity index (χ0n) is 10.1. The van der Waals surface area contributed by atoms with Crippen LogP contribution in [0.2, 0.25) is 0 Å². The molecule has 2 rings (SSSR count). The molecule has 19 heavy (non-hydrogen) atoms. The van der Waals surface area contributed by atoms with Gasteiger partial charge in [0.2, 0.25) is 0 Å². The van der Waals surface area contributed by atoms with E-state index >= 15 is 0 Å². The summed E-state index contributed by atoms with van der Waals surface area (Å²) >= 11 is 3.35. The van der Waals surface area contributed by atoms with Crippen LogP contribution in [0.25, 0.3) is 0 Å². The van der Waals surface area contributed by atoms with Crippen LogP contribution in [0.3, 0.4) is 0 Å². The van der Waals surface area contributed by atoms with E-state index in [2.05, 4.69) is 36.6 Å². The summed E-state index contributed by atoms with van der Waals surface area (Å²) in [6, 6.07) is 5.03. The molecule has 6 nitrogen and oxygen atoms in total. The van der Waals surface area contributed by atoms with Gasteiger partial charge >= 0.3 is 0 Å². The maximum Gasteiger partial charge on any atom is 0.258 e. The lowest BCUT2D eigenvalue weighted by molar-refractivity contribution is 0.102. The third kappa shape index (κ3) is 3.27. The Morgan fingerprint density at radius 3 is 2.58 bits per heavy atom. The molecule has 0 aliphatic rings. The molecule has 0 aliphatic carbocycles. The van der Waals surface area contributed by atoms with E-state index in [1.54, 1.807) is 24.4 Å². The van der Waals surface area contributed by atoms with Gasteiger partial charge in [-0.15, -0.1) is 0 Å². The van der Waals surface area contributed by atoms with Crippen LogP contribution in [0.1, 0.15) is 15.9 Å². The second-order valence-electron chi connectivity index (χ2n) is 3.85. The molecular weight excluding hydrogens is 310 g/mol. The minimum Gasteiger partial charge on any atom is -0.308 e. The first-order valence-electron chi connectivity index (χ1n) is 5.46. The Hall–Kier alpha value is -1.99. The molecule has 2 aromatic heterocycles. The second-order valence-corrected chi connectivity index (χ2v) is 4.70. The van der Waals surface area contributed by atoms with Crippen LogP contribution >= 0.6 is 15.9 Å². The fourth-order valence-corrected chi connectivity index (χ4v) is 1.63.